The molecule has 0 aliphatic carbocycles. The number of rotatable bonds is 1. The summed E-state index contributed by atoms with van der Waals surface area (Å²) in [6, 6.07) is 12.2. The van der Waals surface area contributed by atoms with E-state index in [1.807, 2.05) is 24.3 Å². The van der Waals surface area contributed by atoms with E-state index in [-0.39, 0.29) is 10.8 Å². The molecule has 3 N–H and O–H groups in total. The molecular weight excluding hydrogens is 270 g/mol. The van der Waals surface area contributed by atoms with Gasteiger partial charge in [0.1, 0.15) is 5.75 Å². The Bertz CT molecular complexity index is 674. The van der Waals surface area contributed by atoms with Crippen LogP contribution in [0.3, 0.4) is 0 Å². The molecule has 0 radical (unpaired) electrons. The maximum Gasteiger partial charge on any atom is 0.125 e. The summed E-state index contributed by atoms with van der Waals surface area (Å²) in [7, 11) is 0. The van der Waals surface area contributed by atoms with Crippen LogP contribution in [0.15, 0.2) is 36.4 Å². The molecule has 0 amide bonds. The van der Waals surface area contributed by atoms with Crippen molar-refractivity contribution in [3.05, 3.63) is 47.5 Å². The molecule has 0 saturated carbocycles. The zero-order valence-corrected chi connectivity index (χ0v) is 14.5. The van der Waals surface area contributed by atoms with Crippen molar-refractivity contribution >= 4 is 5.69 Å². The van der Waals surface area contributed by atoms with Gasteiger partial charge < -0.3 is 10.8 Å². The van der Waals surface area contributed by atoms with Gasteiger partial charge in [-0.1, -0.05) is 71.9 Å². The Balaban J connectivity index is 2.87. The van der Waals surface area contributed by atoms with E-state index in [0.29, 0.717) is 11.4 Å². The molecule has 0 bridgehead atoms. The van der Waals surface area contributed by atoms with Gasteiger partial charge in [0.05, 0.1) is 0 Å². The smallest absolute Gasteiger partial charge is 0.125 e. The number of anilines is 1. The Morgan fingerprint density at radius 3 is 1.86 bits per heavy atom. The Morgan fingerprint density at radius 2 is 1.41 bits per heavy atom. The van der Waals surface area contributed by atoms with Crippen LogP contribution in [0.4, 0.5) is 5.69 Å². The van der Waals surface area contributed by atoms with Crippen molar-refractivity contribution < 1.29 is 5.11 Å². The second-order valence-corrected chi connectivity index (χ2v) is 7.97. The molecule has 0 unspecified atom stereocenters. The van der Waals surface area contributed by atoms with E-state index in [2.05, 4.69) is 53.7 Å². The Morgan fingerprint density at radius 1 is 0.864 bits per heavy atom. The standard InChI is InChI=1S/C20H27NO/c1-19(2,3)15-12-14(13-10-8-7-9-11-13)17(21)16(18(15)22)20(4,5)6/h7-12,22H,21H2,1-6H3. The third kappa shape index (κ3) is 2.96. The molecule has 0 saturated heterocycles. The summed E-state index contributed by atoms with van der Waals surface area (Å²) in [6.45, 7) is 12.6. The highest BCUT2D eigenvalue weighted by Gasteiger charge is 2.29. The largest absolute Gasteiger partial charge is 0.507 e. The third-order valence-electron chi connectivity index (χ3n) is 3.98. The van der Waals surface area contributed by atoms with Crippen LogP contribution in [0.5, 0.6) is 5.75 Å². The molecule has 2 aromatic rings. The molecule has 2 aromatic carbocycles. The lowest BCUT2D eigenvalue weighted by Crippen LogP contribution is -2.19. The molecule has 0 fully saturated rings. The van der Waals surface area contributed by atoms with Crippen LogP contribution in [-0.4, -0.2) is 5.11 Å². The summed E-state index contributed by atoms with van der Waals surface area (Å²) in [6.07, 6.45) is 0. The number of aromatic hydroxyl groups is 1. The van der Waals surface area contributed by atoms with Crippen LogP contribution < -0.4 is 5.73 Å². The van der Waals surface area contributed by atoms with E-state index in [9.17, 15) is 5.11 Å². The van der Waals surface area contributed by atoms with E-state index >= 15 is 0 Å². The molecule has 118 valence electrons. The fourth-order valence-electron chi connectivity index (χ4n) is 2.87. The molecule has 0 aliphatic heterocycles. The SMILES string of the molecule is CC(C)(C)c1cc(-c2ccccc2)c(N)c(C(C)(C)C)c1O. The monoisotopic (exact) mass is 297 g/mol. The Hall–Kier alpha value is -1.96. The number of hydrogen-bond donors (Lipinski definition) is 2. The van der Waals surface area contributed by atoms with Gasteiger partial charge in [0.2, 0.25) is 0 Å². The van der Waals surface area contributed by atoms with Crippen LogP contribution in [-0.2, 0) is 10.8 Å². The van der Waals surface area contributed by atoms with Crippen LogP contribution in [0.1, 0.15) is 52.7 Å². The number of phenols is 1. The molecule has 0 aliphatic rings. The van der Waals surface area contributed by atoms with Gasteiger partial charge in [-0.25, -0.2) is 0 Å². The molecule has 0 atom stereocenters. The number of nitrogens with two attached hydrogens (primary N) is 1. The summed E-state index contributed by atoms with van der Waals surface area (Å²) >= 11 is 0. The minimum absolute atomic E-state index is 0.151. The van der Waals surface area contributed by atoms with Crippen molar-refractivity contribution in [2.24, 2.45) is 0 Å². The first kappa shape index (κ1) is 16.4. The predicted octanol–water partition coefficient (Wildman–Crippen LogP) is 5.24. The lowest BCUT2D eigenvalue weighted by Gasteiger charge is -2.30. The topological polar surface area (TPSA) is 46.2 Å². The lowest BCUT2D eigenvalue weighted by molar-refractivity contribution is 0.424. The molecule has 2 nitrogen and oxygen atoms in total. The van der Waals surface area contributed by atoms with Gasteiger partial charge in [0.25, 0.3) is 0 Å². The molecule has 2 rings (SSSR count). The highest BCUT2D eigenvalue weighted by Crippen LogP contribution is 2.46. The molecule has 0 aromatic heterocycles. The summed E-state index contributed by atoms with van der Waals surface area (Å²) in [5.74, 6) is 0.331. The average Bonchev–Trinajstić information content (AvgIpc) is 2.36. The number of phenolic OH excluding ortho intramolecular Hbond substituents is 1. The summed E-state index contributed by atoms with van der Waals surface area (Å²) < 4.78 is 0. The third-order valence-corrected chi connectivity index (χ3v) is 3.98. The van der Waals surface area contributed by atoms with E-state index in [0.717, 1.165) is 22.3 Å². The number of hydrogen-bond acceptors (Lipinski definition) is 2. The fourth-order valence-corrected chi connectivity index (χ4v) is 2.87. The highest BCUT2D eigenvalue weighted by molar-refractivity contribution is 5.83. The molecule has 0 heterocycles. The summed E-state index contributed by atoms with van der Waals surface area (Å²) in [5.41, 5.74) is 10.6. The lowest BCUT2D eigenvalue weighted by atomic mass is 9.76. The second kappa shape index (κ2) is 5.35. The highest BCUT2D eigenvalue weighted by atomic mass is 16.3. The van der Waals surface area contributed by atoms with Gasteiger partial charge in [-0.3, -0.25) is 0 Å². The van der Waals surface area contributed by atoms with Crippen LogP contribution in [0.2, 0.25) is 0 Å². The Kier molecular flexibility index (Phi) is 3.99. The molecular formula is C20H27NO. The van der Waals surface area contributed by atoms with Gasteiger partial charge in [-0.2, -0.15) is 0 Å². The summed E-state index contributed by atoms with van der Waals surface area (Å²) in [4.78, 5) is 0. The van der Waals surface area contributed by atoms with E-state index < -0.39 is 0 Å². The second-order valence-electron chi connectivity index (χ2n) is 7.97. The van der Waals surface area contributed by atoms with Crippen molar-refractivity contribution in [3.63, 3.8) is 0 Å². The fraction of sp³-hybridized carbons (Fsp3) is 0.400. The number of nitrogen functional groups attached to an aromatic ring is 1. The van der Waals surface area contributed by atoms with E-state index in [1.54, 1.807) is 0 Å². The quantitative estimate of drug-likeness (QED) is 0.707. The molecule has 22 heavy (non-hydrogen) atoms. The van der Waals surface area contributed by atoms with Gasteiger partial charge in [0.15, 0.2) is 0 Å². The van der Waals surface area contributed by atoms with Crippen molar-refractivity contribution in [1.82, 2.24) is 0 Å². The maximum atomic E-state index is 10.8. The first-order valence-corrected chi connectivity index (χ1v) is 7.75. The summed E-state index contributed by atoms with van der Waals surface area (Å²) in [5, 5.41) is 10.8. The van der Waals surface area contributed by atoms with Crippen molar-refractivity contribution in [3.8, 4) is 16.9 Å². The zero-order chi connectivity index (χ0) is 16.7. The van der Waals surface area contributed by atoms with E-state index in [4.69, 9.17) is 5.73 Å². The first-order valence-electron chi connectivity index (χ1n) is 7.75. The van der Waals surface area contributed by atoms with Gasteiger partial charge in [0, 0.05) is 22.4 Å². The number of benzene rings is 2. The van der Waals surface area contributed by atoms with Crippen LogP contribution >= 0.6 is 0 Å². The minimum Gasteiger partial charge on any atom is -0.507 e. The van der Waals surface area contributed by atoms with Gasteiger partial charge in [-0.15, -0.1) is 0 Å². The van der Waals surface area contributed by atoms with Crippen LogP contribution in [0.25, 0.3) is 11.1 Å². The molecule has 2 heteroatoms. The normalized spacial score (nSPS) is 12.5. The zero-order valence-electron chi connectivity index (χ0n) is 14.5. The van der Waals surface area contributed by atoms with Crippen molar-refractivity contribution in [1.29, 1.82) is 0 Å². The Labute approximate surface area is 134 Å². The van der Waals surface area contributed by atoms with E-state index in [1.165, 1.54) is 0 Å². The first-order chi connectivity index (χ1) is 10.0. The van der Waals surface area contributed by atoms with Gasteiger partial charge >= 0.3 is 0 Å². The maximum absolute atomic E-state index is 10.8. The average molecular weight is 297 g/mol. The van der Waals surface area contributed by atoms with Crippen molar-refractivity contribution in [2.45, 2.75) is 52.4 Å². The molecule has 0 spiro atoms. The van der Waals surface area contributed by atoms with Crippen LogP contribution in [0, 0.1) is 0 Å². The van der Waals surface area contributed by atoms with Crippen molar-refractivity contribution in [2.75, 3.05) is 5.73 Å². The predicted molar refractivity (Wildman–Crippen MR) is 95.4 cm³/mol. The van der Waals surface area contributed by atoms with Gasteiger partial charge in [-0.05, 0) is 22.5 Å². The minimum atomic E-state index is -0.223.